The second-order valence-electron chi connectivity index (χ2n) is 8.20. The van der Waals surface area contributed by atoms with Gasteiger partial charge < -0.3 is 15.5 Å². The molecule has 1 fully saturated rings. The standard InChI is InChI=1S/C23H26Cl3N5/c1-31(2)22-17-5-3-4-6-21(17)29-23(30-22)28-16-9-7-15(8-10-16)27-13-18-19(25)11-14(24)12-20(18)26/h3-6,11-12,15-16,27H,7-10,13H2,1-2H3,(H,28,29,30)/t15-,16+. The first-order chi connectivity index (χ1) is 14.9. The number of halogens is 3. The summed E-state index contributed by atoms with van der Waals surface area (Å²) in [5.41, 5.74) is 1.85. The molecule has 2 aromatic carbocycles. The van der Waals surface area contributed by atoms with Crippen LogP contribution >= 0.6 is 34.8 Å². The molecule has 0 atom stereocenters. The molecule has 0 saturated heterocycles. The summed E-state index contributed by atoms with van der Waals surface area (Å²) in [6.07, 6.45) is 4.23. The minimum atomic E-state index is 0.358. The largest absolute Gasteiger partial charge is 0.362 e. The van der Waals surface area contributed by atoms with Gasteiger partial charge in [0.2, 0.25) is 5.95 Å². The van der Waals surface area contributed by atoms with E-state index in [1.165, 1.54) is 0 Å². The number of hydrogen-bond donors (Lipinski definition) is 2. The van der Waals surface area contributed by atoms with Crippen LogP contribution < -0.4 is 15.5 Å². The fourth-order valence-corrected chi connectivity index (χ4v) is 5.03. The average molecular weight is 479 g/mol. The van der Waals surface area contributed by atoms with Crippen molar-refractivity contribution in [1.29, 1.82) is 0 Å². The molecule has 2 N–H and O–H groups in total. The first kappa shape index (κ1) is 22.4. The van der Waals surface area contributed by atoms with Gasteiger partial charge in [0.25, 0.3) is 0 Å². The molecule has 1 aliphatic rings. The van der Waals surface area contributed by atoms with Crippen molar-refractivity contribution in [3.63, 3.8) is 0 Å². The van der Waals surface area contributed by atoms with E-state index in [-0.39, 0.29) is 0 Å². The highest BCUT2D eigenvalue weighted by Gasteiger charge is 2.22. The van der Waals surface area contributed by atoms with Gasteiger partial charge in [0.05, 0.1) is 5.52 Å². The fraction of sp³-hybridized carbons (Fsp3) is 0.391. The monoisotopic (exact) mass is 477 g/mol. The van der Waals surface area contributed by atoms with Crippen LogP contribution in [0.15, 0.2) is 36.4 Å². The molecular weight excluding hydrogens is 453 g/mol. The Morgan fingerprint density at radius 2 is 1.58 bits per heavy atom. The van der Waals surface area contributed by atoms with E-state index < -0.39 is 0 Å². The van der Waals surface area contributed by atoms with Crippen LogP contribution in [0.1, 0.15) is 31.2 Å². The molecule has 0 bridgehead atoms. The van der Waals surface area contributed by atoms with Crippen molar-refractivity contribution in [1.82, 2.24) is 15.3 Å². The van der Waals surface area contributed by atoms with Gasteiger partial charge in [-0.25, -0.2) is 4.98 Å². The van der Waals surface area contributed by atoms with E-state index in [0.29, 0.717) is 39.6 Å². The molecule has 1 aliphatic carbocycles. The molecule has 4 rings (SSSR count). The van der Waals surface area contributed by atoms with E-state index in [2.05, 4.69) is 16.7 Å². The second kappa shape index (κ2) is 9.78. The third-order valence-corrected chi connectivity index (χ3v) is 6.63. The summed E-state index contributed by atoms with van der Waals surface area (Å²) < 4.78 is 0. The van der Waals surface area contributed by atoms with E-state index >= 15 is 0 Å². The Morgan fingerprint density at radius 3 is 2.26 bits per heavy atom. The van der Waals surface area contributed by atoms with Crippen LogP contribution in [0, 0.1) is 0 Å². The van der Waals surface area contributed by atoms with Crippen LogP contribution in [0.5, 0.6) is 0 Å². The molecule has 31 heavy (non-hydrogen) atoms. The number of anilines is 2. The zero-order valence-corrected chi connectivity index (χ0v) is 19.9. The SMILES string of the molecule is CN(C)c1nc(N[C@H]2CC[C@@H](NCc3c(Cl)cc(Cl)cc3Cl)CC2)nc2ccccc12. The van der Waals surface area contributed by atoms with Crippen LogP contribution in [-0.2, 0) is 6.54 Å². The van der Waals surface area contributed by atoms with Gasteiger partial charge in [-0.15, -0.1) is 0 Å². The molecule has 0 aliphatic heterocycles. The molecular formula is C23H26Cl3N5. The molecule has 1 heterocycles. The lowest BCUT2D eigenvalue weighted by molar-refractivity contribution is 0.352. The van der Waals surface area contributed by atoms with E-state index in [0.717, 1.165) is 48.0 Å². The van der Waals surface area contributed by atoms with Crippen LogP contribution in [0.4, 0.5) is 11.8 Å². The van der Waals surface area contributed by atoms with E-state index in [1.54, 1.807) is 12.1 Å². The van der Waals surface area contributed by atoms with E-state index in [1.807, 2.05) is 37.2 Å². The first-order valence-corrected chi connectivity index (χ1v) is 11.6. The van der Waals surface area contributed by atoms with E-state index in [9.17, 15) is 0 Å². The number of fused-ring (bicyclic) bond motifs is 1. The van der Waals surface area contributed by atoms with Crippen molar-refractivity contribution < 1.29 is 0 Å². The summed E-state index contributed by atoms with van der Waals surface area (Å²) >= 11 is 18.6. The lowest BCUT2D eigenvalue weighted by Gasteiger charge is -2.30. The normalized spacial score (nSPS) is 18.9. The summed E-state index contributed by atoms with van der Waals surface area (Å²) in [6, 6.07) is 12.4. The fourth-order valence-electron chi connectivity index (χ4n) is 4.08. The molecule has 0 unspecified atom stereocenters. The summed E-state index contributed by atoms with van der Waals surface area (Å²) in [6.45, 7) is 0.636. The van der Waals surface area contributed by atoms with Crippen molar-refractivity contribution in [2.75, 3.05) is 24.3 Å². The number of nitrogens with zero attached hydrogens (tertiary/aromatic N) is 3. The van der Waals surface area contributed by atoms with Crippen LogP contribution in [0.3, 0.4) is 0 Å². The molecule has 164 valence electrons. The predicted octanol–water partition coefficient (Wildman–Crippen LogP) is 6.17. The van der Waals surface area contributed by atoms with Gasteiger partial charge in [0.1, 0.15) is 5.82 Å². The van der Waals surface area contributed by atoms with Gasteiger partial charge in [0.15, 0.2) is 0 Å². The van der Waals surface area contributed by atoms with Crippen molar-refractivity contribution in [2.45, 2.75) is 44.3 Å². The minimum Gasteiger partial charge on any atom is -0.362 e. The minimum absolute atomic E-state index is 0.358. The van der Waals surface area contributed by atoms with Crippen LogP contribution in [0.25, 0.3) is 10.9 Å². The molecule has 0 radical (unpaired) electrons. The third-order valence-electron chi connectivity index (χ3n) is 5.74. The Bertz CT molecular complexity index is 1040. The Morgan fingerprint density at radius 1 is 0.935 bits per heavy atom. The maximum atomic E-state index is 6.31. The van der Waals surface area contributed by atoms with Gasteiger partial charge in [-0.2, -0.15) is 4.98 Å². The number of hydrogen-bond acceptors (Lipinski definition) is 5. The summed E-state index contributed by atoms with van der Waals surface area (Å²) in [5.74, 6) is 1.62. The molecule has 5 nitrogen and oxygen atoms in total. The molecule has 3 aromatic rings. The summed E-state index contributed by atoms with van der Waals surface area (Å²) in [5, 5.41) is 9.97. The average Bonchev–Trinajstić information content (AvgIpc) is 2.73. The van der Waals surface area contributed by atoms with E-state index in [4.69, 9.17) is 44.8 Å². The maximum Gasteiger partial charge on any atom is 0.225 e. The lowest BCUT2D eigenvalue weighted by Crippen LogP contribution is -2.37. The highest BCUT2D eigenvalue weighted by molar-refractivity contribution is 6.39. The highest BCUT2D eigenvalue weighted by atomic mass is 35.5. The zero-order chi connectivity index (χ0) is 22.0. The lowest BCUT2D eigenvalue weighted by atomic mass is 9.91. The Hall–Kier alpha value is -1.79. The molecule has 0 spiro atoms. The first-order valence-electron chi connectivity index (χ1n) is 10.5. The Balaban J connectivity index is 1.36. The van der Waals surface area contributed by atoms with Gasteiger partial charge in [-0.1, -0.05) is 46.9 Å². The second-order valence-corrected chi connectivity index (χ2v) is 9.46. The third kappa shape index (κ3) is 5.35. The number of aromatic nitrogens is 2. The number of para-hydroxylation sites is 1. The van der Waals surface area contributed by atoms with Crippen molar-refractivity contribution in [3.05, 3.63) is 57.0 Å². The molecule has 1 aromatic heterocycles. The van der Waals surface area contributed by atoms with Crippen molar-refractivity contribution >= 4 is 57.5 Å². The zero-order valence-electron chi connectivity index (χ0n) is 17.6. The number of nitrogens with one attached hydrogen (secondary N) is 2. The topological polar surface area (TPSA) is 53.1 Å². The van der Waals surface area contributed by atoms with Crippen molar-refractivity contribution in [2.24, 2.45) is 0 Å². The van der Waals surface area contributed by atoms with Gasteiger partial charge in [0, 0.05) is 58.7 Å². The predicted molar refractivity (Wildman–Crippen MR) is 132 cm³/mol. The number of rotatable bonds is 6. The van der Waals surface area contributed by atoms with Crippen molar-refractivity contribution in [3.8, 4) is 0 Å². The Kier molecular flexibility index (Phi) is 7.07. The molecule has 1 saturated carbocycles. The Labute approximate surface area is 198 Å². The molecule has 0 amide bonds. The van der Waals surface area contributed by atoms with Gasteiger partial charge >= 0.3 is 0 Å². The van der Waals surface area contributed by atoms with Gasteiger partial charge in [-0.05, 0) is 49.9 Å². The quantitative estimate of drug-likeness (QED) is 0.444. The number of benzene rings is 2. The maximum absolute atomic E-state index is 6.31. The molecule has 8 heteroatoms. The van der Waals surface area contributed by atoms with Gasteiger partial charge in [-0.3, -0.25) is 0 Å². The van der Waals surface area contributed by atoms with Crippen LogP contribution in [-0.4, -0.2) is 36.1 Å². The summed E-state index contributed by atoms with van der Waals surface area (Å²) in [7, 11) is 4.02. The summed E-state index contributed by atoms with van der Waals surface area (Å²) in [4.78, 5) is 11.5. The highest BCUT2D eigenvalue weighted by Crippen LogP contribution is 2.30. The smallest absolute Gasteiger partial charge is 0.225 e. The van der Waals surface area contributed by atoms with Crippen LogP contribution in [0.2, 0.25) is 15.1 Å².